The topological polar surface area (TPSA) is 47.3 Å². The van der Waals surface area contributed by atoms with Crippen molar-refractivity contribution in [2.45, 2.75) is 37.9 Å². The maximum Gasteiger partial charge on any atom is 0.137 e. The number of nitrogens with zero attached hydrogens (tertiary/aromatic N) is 2. The predicted octanol–water partition coefficient (Wildman–Crippen LogP) is 1.41. The summed E-state index contributed by atoms with van der Waals surface area (Å²) in [6, 6.07) is 0. The van der Waals surface area contributed by atoms with Gasteiger partial charge in [0.2, 0.25) is 0 Å². The molecule has 2 rings (SSSR count). The molecule has 2 atom stereocenters. The first-order valence-electron chi connectivity index (χ1n) is 5.54. The SMILES string of the molecule is Cn1ccnc1C(O)CC1CCCCO1. The molecule has 84 valence electrons. The lowest BCUT2D eigenvalue weighted by Gasteiger charge is -2.24. The van der Waals surface area contributed by atoms with Gasteiger partial charge in [-0.15, -0.1) is 0 Å². The molecule has 15 heavy (non-hydrogen) atoms. The first-order chi connectivity index (χ1) is 7.27. The van der Waals surface area contributed by atoms with Gasteiger partial charge in [0, 0.05) is 32.5 Å². The minimum Gasteiger partial charge on any atom is -0.385 e. The quantitative estimate of drug-likeness (QED) is 0.820. The monoisotopic (exact) mass is 210 g/mol. The molecule has 0 spiro atoms. The van der Waals surface area contributed by atoms with Crippen LogP contribution in [0.1, 0.15) is 37.6 Å². The smallest absolute Gasteiger partial charge is 0.137 e. The van der Waals surface area contributed by atoms with Crippen molar-refractivity contribution in [2.75, 3.05) is 6.61 Å². The lowest BCUT2D eigenvalue weighted by atomic mass is 10.0. The van der Waals surface area contributed by atoms with Crippen molar-refractivity contribution in [3.05, 3.63) is 18.2 Å². The van der Waals surface area contributed by atoms with E-state index in [1.54, 1.807) is 6.20 Å². The van der Waals surface area contributed by atoms with E-state index < -0.39 is 6.10 Å². The molecule has 0 aliphatic carbocycles. The summed E-state index contributed by atoms with van der Waals surface area (Å²) in [6.07, 6.45) is 7.32. The number of aliphatic hydroxyl groups excluding tert-OH is 1. The summed E-state index contributed by atoms with van der Waals surface area (Å²) in [5, 5.41) is 9.98. The van der Waals surface area contributed by atoms with E-state index in [1.165, 1.54) is 6.42 Å². The molecule has 2 unspecified atom stereocenters. The third kappa shape index (κ3) is 2.58. The van der Waals surface area contributed by atoms with Gasteiger partial charge < -0.3 is 14.4 Å². The number of aryl methyl sites for hydroxylation is 1. The lowest BCUT2D eigenvalue weighted by Crippen LogP contribution is -2.22. The first kappa shape index (κ1) is 10.6. The van der Waals surface area contributed by atoms with Gasteiger partial charge in [-0.05, 0) is 19.3 Å². The van der Waals surface area contributed by atoms with E-state index >= 15 is 0 Å². The Morgan fingerprint density at radius 1 is 1.67 bits per heavy atom. The fourth-order valence-electron chi connectivity index (χ4n) is 2.05. The molecular formula is C11H18N2O2. The van der Waals surface area contributed by atoms with E-state index in [0.717, 1.165) is 25.3 Å². The van der Waals surface area contributed by atoms with Crippen LogP contribution in [0.15, 0.2) is 12.4 Å². The third-order valence-electron chi connectivity index (χ3n) is 2.92. The van der Waals surface area contributed by atoms with Gasteiger partial charge in [0.15, 0.2) is 0 Å². The van der Waals surface area contributed by atoms with Gasteiger partial charge in [0.1, 0.15) is 11.9 Å². The number of imidazole rings is 1. The van der Waals surface area contributed by atoms with Crippen LogP contribution in [-0.4, -0.2) is 27.4 Å². The van der Waals surface area contributed by atoms with Crippen LogP contribution in [0.4, 0.5) is 0 Å². The van der Waals surface area contributed by atoms with E-state index in [1.807, 2.05) is 17.8 Å². The Hall–Kier alpha value is -0.870. The molecule has 1 aromatic rings. The minimum atomic E-state index is -0.506. The highest BCUT2D eigenvalue weighted by molar-refractivity contribution is 4.96. The van der Waals surface area contributed by atoms with Crippen molar-refractivity contribution < 1.29 is 9.84 Å². The van der Waals surface area contributed by atoms with Gasteiger partial charge >= 0.3 is 0 Å². The summed E-state index contributed by atoms with van der Waals surface area (Å²) in [6.45, 7) is 0.831. The van der Waals surface area contributed by atoms with E-state index in [9.17, 15) is 5.11 Å². The standard InChI is InChI=1S/C11H18N2O2/c1-13-6-5-12-11(13)10(14)8-9-4-2-3-7-15-9/h5-6,9-10,14H,2-4,7-8H2,1H3. The van der Waals surface area contributed by atoms with Crippen molar-refractivity contribution in [3.8, 4) is 0 Å². The van der Waals surface area contributed by atoms with E-state index in [0.29, 0.717) is 6.42 Å². The molecule has 1 fully saturated rings. The van der Waals surface area contributed by atoms with E-state index in [-0.39, 0.29) is 6.10 Å². The molecule has 0 amide bonds. The lowest BCUT2D eigenvalue weighted by molar-refractivity contribution is -0.0175. The second kappa shape index (κ2) is 4.77. The number of aliphatic hydroxyl groups is 1. The zero-order valence-corrected chi connectivity index (χ0v) is 9.09. The van der Waals surface area contributed by atoms with Crippen LogP contribution in [0.2, 0.25) is 0 Å². The van der Waals surface area contributed by atoms with Crippen molar-refractivity contribution >= 4 is 0 Å². The molecule has 1 saturated heterocycles. The van der Waals surface area contributed by atoms with Crippen LogP contribution >= 0.6 is 0 Å². The summed E-state index contributed by atoms with van der Waals surface area (Å²) < 4.78 is 7.44. The largest absolute Gasteiger partial charge is 0.385 e. The van der Waals surface area contributed by atoms with Gasteiger partial charge in [-0.3, -0.25) is 0 Å². The van der Waals surface area contributed by atoms with Crippen LogP contribution in [0.25, 0.3) is 0 Å². The molecule has 0 bridgehead atoms. The Morgan fingerprint density at radius 2 is 2.53 bits per heavy atom. The molecule has 1 N–H and O–H groups in total. The van der Waals surface area contributed by atoms with Crippen LogP contribution in [0, 0.1) is 0 Å². The highest BCUT2D eigenvalue weighted by Crippen LogP contribution is 2.23. The van der Waals surface area contributed by atoms with Gasteiger partial charge in [-0.25, -0.2) is 4.98 Å². The fourth-order valence-corrected chi connectivity index (χ4v) is 2.05. The Bertz CT molecular complexity index is 305. The highest BCUT2D eigenvalue weighted by Gasteiger charge is 2.21. The Balaban J connectivity index is 1.91. The van der Waals surface area contributed by atoms with Crippen molar-refractivity contribution in [3.63, 3.8) is 0 Å². The number of hydrogen-bond donors (Lipinski definition) is 1. The van der Waals surface area contributed by atoms with Crippen molar-refractivity contribution in [1.29, 1.82) is 0 Å². The summed E-state index contributed by atoms with van der Waals surface area (Å²) in [4.78, 5) is 4.14. The fraction of sp³-hybridized carbons (Fsp3) is 0.727. The first-order valence-corrected chi connectivity index (χ1v) is 5.54. The Kier molecular flexibility index (Phi) is 3.38. The third-order valence-corrected chi connectivity index (χ3v) is 2.92. The Morgan fingerprint density at radius 3 is 3.13 bits per heavy atom. The Labute approximate surface area is 89.9 Å². The maximum absolute atomic E-state index is 9.98. The predicted molar refractivity (Wildman–Crippen MR) is 56.4 cm³/mol. The molecule has 4 nitrogen and oxygen atoms in total. The summed E-state index contributed by atoms with van der Waals surface area (Å²) in [5.74, 6) is 0.726. The number of rotatable bonds is 3. The average molecular weight is 210 g/mol. The molecular weight excluding hydrogens is 192 g/mol. The molecule has 1 aliphatic heterocycles. The average Bonchev–Trinajstić information content (AvgIpc) is 2.66. The second-order valence-corrected chi connectivity index (χ2v) is 4.14. The van der Waals surface area contributed by atoms with Crippen LogP contribution < -0.4 is 0 Å². The summed E-state index contributed by atoms with van der Waals surface area (Å²) >= 11 is 0. The van der Waals surface area contributed by atoms with E-state index in [2.05, 4.69) is 4.98 Å². The molecule has 0 aromatic carbocycles. The summed E-state index contributed by atoms with van der Waals surface area (Å²) in [5.41, 5.74) is 0. The molecule has 2 heterocycles. The number of aromatic nitrogens is 2. The zero-order chi connectivity index (χ0) is 10.7. The van der Waals surface area contributed by atoms with Gasteiger partial charge in [-0.2, -0.15) is 0 Å². The van der Waals surface area contributed by atoms with Crippen molar-refractivity contribution in [2.24, 2.45) is 7.05 Å². The van der Waals surface area contributed by atoms with Crippen LogP contribution in [0.3, 0.4) is 0 Å². The molecule has 0 saturated carbocycles. The van der Waals surface area contributed by atoms with Crippen LogP contribution in [-0.2, 0) is 11.8 Å². The van der Waals surface area contributed by atoms with E-state index in [4.69, 9.17) is 4.74 Å². The number of hydrogen-bond acceptors (Lipinski definition) is 3. The second-order valence-electron chi connectivity index (χ2n) is 4.14. The number of ether oxygens (including phenoxy) is 1. The highest BCUT2D eigenvalue weighted by atomic mass is 16.5. The normalized spacial score (nSPS) is 24.0. The molecule has 0 radical (unpaired) electrons. The molecule has 4 heteroatoms. The maximum atomic E-state index is 9.98. The molecule has 1 aromatic heterocycles. The summed E-state index contributed by atoms with van der Waals surface area (Å²) in [7, 11) is 1.90. The van der Waals surface area contributed by atoms with Gasteiger partial charge in [0.25, 0.3) is 0 Å². The van der Waals surface area contributed by atoms with Crippen molar-refractivity contribution in [1.82, 2.24) is 9.55 Å². The molecule has 1 aliphatic rings. The minimum absolute atomic E-state index is 0.199. The van der Waals surface area contributed by atoms with Gasteiger partial charge in [-0.1, -0.05) is 0 Å². The zero-order valence-electron chi connectivity index (χ0n) is 9.09. The van der Waals surface area contributed by atoms with Gasteiger partial charge in [0.05, 0.1) is 6.10 Å². The van der Waals surface area contributed by atoms with Crippen LogP contribution in [0.5, 0.6) is 0 Å².